The highest BCUT2D eigenvalue weighted by molar-refractivity contribution is 6.08. The number of pyridine rings is 1. The second kappa shape index (κ2) is 8.65. The Labute approximate surface area is 175 Å². The van der Waals surface area contributed by atoms with Gasteiger partial charge in [-0.3, -0.25) is 9.99 Å². The summed E-state index contributed by atoms with van der Waals surface area (Å²) < 4.78 is 51.3. The van der Waals surface area contributed by atoms with Crippen molar-refractivity contribution in [2.75, 3.05) is 20.3 Å². The third kappa shape index (κ3) is 4.31. The summed E-state index contributed by atoms with van der Waals surface area (Å²) in [5.74, 6) is -2.89. The van der Waals surface area contributed by atoms with E-state index in [0.29, 0.717) is 17.0 Å². The van der Waals surface area contributed by atoms with Crippen LogP contribution in [-0.4, -0.2) is 47.3 Å². The molecule has 1 N–H and O–H groups in total. The van der Waals surface area contributed by atoms with Crippen molar-refractivity contribution < 1.29 is 27.8 Å². The number of ether oxygens (including phenoxy) is 2. The average Bonchev–Trinajstić information content (AvgIpc) is 2.78. The Morgan fingerprint density at radius 1 is 1.10 bits per heavy atom. The third-order valence-electron chi connectivity index (χ3n) is 4.74. The Balaban J connectivity index is 1.48. The summed E-state index contributed by atoms with van der Waals surface area (Å²) in [5, 5.41) is 16.5. The summed E-state index contributed by atoms with van der Waals surface area (Å²) in [6, 6.07) is 8.85. The summed E-state index contributed by atoms with van der Waals surface area (Å²) in [6.45, 7) is 0.347. The Hall–Kier alpha value is -3.59. The number of rotatable bonds is 6. The quantitative estimate of drug-likeness (QED) is 0.606. The van der Waals surface area contributed by atoms with E-state index >= 15 is 0 Å². The molecular formula is C22H18F3N3O3. The van der Waals surface area contributed by atoms with E-state index in [1.807, 2.05) is 6.07 Å². The first-order chi connectivity index (χ1) is 15.0. The standard InChI is InChI=1S/C22H18F3N3O3/c1-30-14-2-3-15-19(12-14)26-7-6-20(15)31-9-8-28-21(29)5-4-18(27-28)13-10-16(23)22(25)17(24)11-13/h2-7,10-12,21,29H,8-9H2,1H3. The number of aliphatic hydroxyl groups excluding tert-OH is 1. The first-order valence-corrected chi connectivity index (χ1v) is 9.38. The number of methoxy groups -OCH3 is 1. The molecule has 4 rings (SSSR count). The number of hydrogen-bond acceptors (Lipinski definition) is 6. The molecule has 0 amide bonds. The number of nitrogens with zero attached hydrogens (tertiary/aromatic N) is 3. The van der Waals surface area contributed by atoms with Gasteiger partial charge in [0.25, 0.3) is 0 Å². The summed E-state index contributed by atoms with van der Waals surface area (Å²) >= 11 is 0. The Morgan fingerprint density at radius 3 is 2.61 bits per heavy atom. The number of benzene rings is 2. The lowest BCUT2D eigenvalue weighted by Gasteiger charge is -2.27. The predicted octanol–water partition coefficient (Wildman–Crippen LogP) is 3.63. The lowest BCUT2D eigenvalue weighted by Crippen LogP contribution is -2.36. The van der Waals surface area contributed by atoms with Crippen molar-refractivity contribution in [1.29, 1.82) is 0 Å². The minimum atomic E-state index is -1.54. The second-order valence-electron chi connectivity index (χ2n) is 6.72. The molecule has 6 nitrogen and oxygen atoms in total. The summed E-state index contributed by atoms with van der Waals surface area (Å²) in [4.78, 5) is 4.29. The van der Waals surface area contributed by atoms with E-state index in [1.165, 1.54) is 17.2 Å². The monoisotopic (exact) mass is 429 g/mol. The molecule has 0 radical (unpaired) electrons. The molecule has 0 bridgehead atoms. The zero-order valence-electron chi connectivity index (χ0n) is 16.4. The van der Waals surface area contributed by atoms with Gasteiger partial charge in [-0.1, -0.05) is 0 Å². The lowest BCUT2D eigenvalue weighted by atomic mass is 10.1. The summed E-state index contributed by atoms with van der Waals surface area (Å²) in [7, 11) is 1.57. The fourth-order valence-electron chi connectivity index (χ4n) is 3.15. The number of aliphatic hydroxyl groups is 1. The van der Waals surface area contributed by atoms with Crippen LogP contribution in [0.1, 0.15) is 5.56 Å². The maximum absolute atomic E-state index is 13.5. The van der Waals surface area contributed by atoms with Gasteiger partial charge in [0, 0.05) is 23.2 Å². The fourth-order valence-corrected chi connectivity index (χ4v) is 3.15. The van der Waals surface area contributed by atoms with Crippen molar-refractivity contribution in [1.82, 2.24) is 9.99 Å². The van der Waals surface area contributed by atoms with Crippen molar-refractivity contribution in [3.63, 3.8) is 0 Å². The minimum Gasteiger partial charge on any atom is -0.497 e. The molecule has 0 aliphatic carbocycles. The van der Waals surface area contributed by atoms with Gasteiger partial charge in [0.2, 0.25) is 0 Å². The molecule has 1 unspecified atom stereocenters. The van der Waals surface area contributed by atoms with Crippen LogP contribution in [0.4, 0.5) is 13.2 Å². The molecule has 1 aliphatic heterocycles. The van der Waals surface area contributed by atoms with Crippen LogP contribution in [-0.2, 0) is 0 Å². The molecule has 0 saturated heterocycles. The highest BCUT2D eigenvalue weighted by atomic mass is 19.2. The van der Waals surface area contributed by atoms with Gasteiger partial charge in [-0.15, -0.1) is 0 Å². The minimum absolute atomic E-state index is 0.0551. The zero-order valence-corrected chi connectivity index (χ0v) is 16.4. The normalized spacial score (nSPS) is 15.8. The maximum Gasteiger partial charge on any atom is 0.194 e. The Morgan fingerprint density at radius 2 is 1.87 bits per heavy atom. The maximum atomic E-state index is 13.5. The van der Waals surface area contributed by atoms with Crippen molar-refractivity contribution in [3.8, 4) is 11.5 Å². The number of hydrazone groups is 1. The van der Waals surface area contributed by atoms with Crippen LogP contribution in [0.15, 0.2) is 59.8 Å². The van der Waals surface area contributed by atoms with Gasteiger partial charge in [-0.25, -0.2) is 13.2 Å². The molecule has 1 atom stereocenters. The lowest BCUT2D eigenvalue weighted by molar-refractivity contribution is 0.0327. The number of hydrogen-bond donors (Lipinski definition) is 1. The van der Waals surface area contributed by atoms with Crippen LogP contribution in [0, 0.1) is 17.5 Å². The molecule has 31 heavy (non-hydrogen) atoms. The van der Waals surface area contributed by atoms with Crippen molar-refractivity contribution >= 4 is 16.6 Å². The van der Waals surface area contributed by atoms with Gasteiger partial charge < -0.3 is 14.6 Å². The number of halogens is 3. The van der Waals surface area contributed by atoms with Crippen LogP contribution in [0.25, 0.3) is 10.9 Å². The largest absolute Gasteiger partial charge is 0.497 e. The molecule has 0 fully saturated rings. The van der Waals surface area contributed by atoms with Crippen LogP contribution < -0.4 is 9.47 Å². The average molecular weight is 429 g/mol. The van der Waals surface area contributed by atoms with E-state index < -0.39 is 23.7 Å². The van der Waals surface area contributed by atoms with Crippen LogP contribution in [0.3, 0.4) is 0 Å². The zero-order chi connectivity index (χ0) is 22.0. The van der Waals surface area contributed by atoms with E-state index in [1.54, 1.807) is 31.5 Å². The first kappa shape index (κ1) is 20.7. The van der Waals surface area contributed by atoms with Crippen molar-refractivity contribution in [2.45, 2.75) is 6.23 Å². The highest BCUT2D eigenvalue weighted by Gasteiger charge is 2.19. The van der Waals surface area contributed by atoms with Gasteiger partial charge in [0.1, 0.15) is 18.1 Å². The van der Waals surface area contributed by atoms with E-state index in [-0.39, 0.29) is 24.4 Å². The van der Waals surface area contributed by atoms with Gasteiger partial charge in [-0.05, 0) is 42.5 Å². The van der Waals surface area contributed by atoms with E-state index in [9.17, 15) is 18.3 Å². The molecule has 2 aromatic carbocycles. The number of allylic oxidation sites excluding steroid dienone is 1. The smallest absolute Gasteiger partial charge is 0.194 e. The third-order valence-corrected chi connectivity index (χ3v) is 4.74. The van der Waals surface area contributed by atoms with E-state index in [2.05, 4.69) is 10.1 Å². The SMILES string of the molecule is COc1ccc2c(OCCN3N=C(c4cc(F)c(F)c(F)c4)C=CC3O)ccnc2c1. The van der Waals surface area contributed by atoms with E-state index in [4.69, 9.17) is 9.47 Å². The van der Waals surface area contributed by atoms with Crippen molar-refractivity contribution in [2.24, 2.45) is 5.10 Å². The van der Waals surface area contributed by atoms with Gasteiger partial charge in [0.15, 0.2) is 23.7 Å². The fraction of sp³-hybridized carbons (Fsp3) is 0.182. The molecule has 1 aliphatic rings. The highest BCUT2D eigenvalue weighted by Crippen LogP contribution is 2.27. The second-order valence-corrected chi connectivity index (χ2v) is 6.72. The molecule has 0 saturated carbocycles. The molecular weight excluding hydrogens is 411 g/mol. The van der Waals surface area contributed by atoms with Crippen LogP contribution >= 0.6 is 0 Å². The van der Waals surface area contributed by atoms with Gasteiger partial charge >= 0.3 is 0 Å². The molecule has 1 aromatic heterocycles. The molecule has 2 heterocycles. The Kier molecular flexibility index (Phi) is 5.77. The Bertz CT molecular complexity index is 1160. The predicted molar refractivity (Wildman–Crippen MR) is 108 cm³/mol. The van der Waals surface area contributed by atoms with Crippen LogP contribution in [0.2, 0.25) is 0 Å². The molecule has 9 heteroatoms. The number of aromatic nitrogens is 1. The molecule has 0 spiro atoms. The topological polar surface area (TPSA) is 67.2 Å². The van der Waals surface area contributed by atoms with E-state index in [0.717, 1.165) is 17.5 Å². The first-order valence-electron chi connectivity index (χ1n) is 9.38. The van der Waals surface area contributed by atoms with Gasteiger partial charge in [-0.2, -0.15) is 5.10 Å². The molecule has 160 valence electrons. The summed E-state index contributed by atoms with van der Waals surface area (Å²) in [6.07, 6.45) is 3.40. The summed E-state index contributed by atoms with van der Waals surface area (Å²) in [5.41, 5.74) is 0.947. The molecule has 3 aromatic rings. The van der Waals surface area contributed by atoms with Gasteiger partial charge in [0.05, 0.1) is 24.9 Å². The van der Waals surface area contributed by atoms with Crippen LogP contribution in [0.5, 0.6) is 11.5 Å². The number of fused-ring (bicyclic) bond motifs is 1. The van der Waals surface area contributed by atoms with Crippen molar-refractivity contribution in [3.05, 3.63) is 77.8 Å².